The number of halogens is 2. The van der Waals surface area contributed by atoms with E-state index in [2.05, 4.69) is 55.7 Å². The third kappa shape index (κ3) is 2.88. The molecule has 0 fully saturated rings. The van der Waals surface area contributed by atoms with Crippen LogP contribution in [0.3, 0.4) is 0 Å². The Morgan fingerprint density at radius 1 is 1.29 bits per heavy atom. The van der Waals surface area contributed by atoms with Gasteiger partial charge in [-0.3, -0.25) is 4.98 Å². The van der Waals surface area contributed by atoms with E-state index in [1.165, 1.54) is 0 Å². The molecule has 3 nitrogen and oxygen atoms in total. The van der Waals surface area contributed by atoms with E-state index in [-0.39, 0.29) is 5.54 Å². The molecule has 0 bridgehead atoms. The molecule has 0 N–H and O–H groups in total. The minimum atomic E-state index is -0.132. The maximum Gasteiger partial charge on any atom is 0.218 e. The zero-order valence-electron chi connectivity index (χ0n) is 9.83. The Morgan fingerprint density at radius 2 is 2.06 bits per heavy atom. The quantitative estimate of drug-likeness (QED) is 0.773. The molecule has 1 aliphatic rings. The van der Waals surface area contributed by atoms with Crippen LogP contribution in [0.2, 0.25) is 0 Å². The van der Waals surface area contributed by atoms with Crippen LogP contribution >= 0.6 is 31.9 Å². The van der Waals surface area contributed by atoms with Crippen LogP contribution in [0.5, 0.6) is 0 Å². The number of hydrogen-bond acceptors (Lipinski definition) is 3. The molecule has 0 aliphatic carbocycles. The Balaban J connectivity index is 2.39. The minimum absolute atomic E-state index is 0.132. The van der Waals surface area contributed by atoms with E-state index in [1.54, 1.807) is 0 Å². The van der Waals surface area contributed by atoms with Crippen LogP contribution < -0.4 is 0 Å². The number of pyridine rings is 1. The SMILES string of the molecule is CC1(C)COC(c2ccc(CBr)nc2CBr)=N1. The second-order valence-corrected chi connectivity index (χ2v) is 5.70. The molecule has 0 atom stereocenters. The van der Waals surface area contributed by atoms with Crippen molar-refractivity contribution < 1.29 is 4.74 Å². The average Bonchev–Trinajstić information content (AvgIpc) is 2.68. The topological polar surface area (TPSA) is 34.5 Å². The number of nitrogens with zero attached hydrogens (tertiary/aromatic N) is 2. The molecule has 0 saturated carbocycles. The fraction of sp³-hybridized carbons (Fsp3) is 0.500. The number of aliphatic imine (C=N–C) groups is 1. The van der Waals surface area contributed by atoms with Crippen molar-refractivity contribution in [3.63, 3.8) is 0 Å². The molecule has 2 heterocycles. The second kappa shape index (κ2) is 5.06. The molecule has 5 heteroatoms. The number of alkyl halides is 2. The highest BCUT2D eigenvalue weighted by Gasteiger charge is 2.28. The summed E-state index contributed by atoms with van der Waals surface area (Å²) in [4.78, 5) is 9.12. The summed E-state index contributed by atoms with van der Waals surface area (Å²) in [5.74, 6) is 0.707. The van der Waals surface area contributed by atoms with E-state index in [1.807, 2.05) is 12.1 Å². The van der Waals surface area contributed by atoms with Crippen LogP contribution in [0.25, 0.3) is 0 Å². The van der Waals surface area contributed by atoms with Gasteiger partial charge >= 0.3 is 0 Å². The van der Waals surface area contributed by atoms with E-state index >= 15 is 0 Å². The fourth-order valence-corrected chi connectivity index (χ4v) is 2.38. The molecule has 0 aromatic carbocycles. The Hall–Kier alpha value is -0.420. The van der Waals surface area contributed by atoms with Gasteiger partial charge in [0.15, 0.2) is 0 Å². The van der Waals surface area contributed by atoms with Crippen LogP contribution in [-0.4, -0.2) is 23.0 Å². The summed E-state index contributed by atoms with van der Waals surface area (Å²) >= 11 is 6.87. The molecular formula is C12H14Br2N2O. The number of rotatable bonds is 3. The van der Waals surface area contributed by atoms with Crippen molar-refractivity contribution in [1.29, 1.82) is 0 Å². The maximum absolute atomic E-state index is 5.65. The van der Waals surface area contributed by atoms with Gasteiger partial charge < -0.3 is 4.74 Å². The van der Waals surface area contributed by atoms with Gasteiger partial charge in [-0.2, -0.15) is 0 Å². The first-order valence-corrected chi connectivity index (χ1v) is 7.64. The summed E-state index contributed by atoms with van der Waals surface area (Å²) < 4.78 is 5.65. The summed E-state index contributed by atoms with van der Waals surface area (Å²) in [5.41, 5.74) is 2.84. The van der Waals surface area contributed by atoms with Crippen LogP contribution in [0.15, 0.2) is 17.1 Å². The van der Waals surface area contributed by atoms with E-state index in [0.29, 0.717) is 17.8 Å². The molecule has 1 aromatic heterocycles. The molecule has 1 aromatic rings. The van der Waals surface area contributed by atoms with Crippen LogP contribution in [0.1, 0.15) is 30.8 Å². The molecule has 1 aliphatic heterocycles. The standard InChI is InChI=1S/C12H14Br2N2O/c1-12(2)7-17-11(16-12)9-4-3-8(5-13)15-10(9)6-14/h3-4H,5-7H2,1-2H3. The van der Waals surface area contributed by atoms with E-state index in [0.717, 1.165) is 22.3 Å². The zero-order valence-corrected chi connectivity index (χ0v) is 13.0. The molecule has 0 spiro atoms. The highest BCUT2D eigenvalue weighted by Crippen LogP contribution is 2.23. The Morgan fingerprint density at radius 3 is 2.59 bits per heavy atom. The lowest BCUT2D eigenvalue weighted by Gasteiger charge is -2.08. The first kappa shape index (κ1) is 13.0. The number of aromatic nitrogens is 1. The lowest BCUT2D eigenvalue weighted by Crippen LogP contribution is -2.17. The lowest BCUT2D eigenvalue weighted by molar-refractivity contribution is 0.279. The van der Waals surface area contributed by atoms with Crippen molar-refractivity contribution in [3.8, 4) is 0 Å². The van der Waals surface area contributed by atoms with E-state index in [9.17, 15) is 0 Å². The van der Waals surface area contributed by atoms with E-state index in [4.69, 9.17) is 4.74 Å². The monoisotopic (exact) mass is 360 g/mol. The number of ether oxygens (including phenoxy) is 1. The van der Waals surface area contributed by atoms with Crippen molar-refractivity contribution in [2.45, 2.75) is 30.0 Å². The Bertz CT molecular complexity index is 458. The van der Waals surface area contributed by atoms with Crippen LogP contribution in [0, 0.1) is 0 Å². The first-order chi connectivity index (χ1) is 8.05. The Labute approximate surface area is 118 Å². The highest BCUT2D eigenvalue weighted by molar-refractivity contribution is 9.08. The van der Waals surface area contributed by atoms with Crippen molar-refractivity contribution in [3.05, 3.63) is 29.1 Å². The summed E-state index contributed by atoms with van der Waals surface area (Å²) in [6, 6.07) is 4.02. The maximum atomic E-state index is 5.65. The summed E-state index contributed by atoms with van der Waals surface area (Å²) in [6.45, 7) is 4.76. The van der Waals surface area contributed by atoms with Gasteiger partial charge in [0.2, 0.25) is 5.90 Å². The largest absolute Gasteiger partial charge is 0.475 e. The van der Waals surface area contributed by atoms with Crippen LogP contribution in [0.4, 0.5) is 0 Å². The molecule has 0 saturated heterocycles. The summed E-state index contributed by atoms with van der Waals surface area (Å²) in [7, 11) is 0. The van der Waals surface area contributed by atoms with Gasteiger partial charge in [0, 0.05) is 10.7 Å². The first-order valence-electron chi connectivity index (χ1n) is 5.39. The van der Waals surface area contributed by atoms with Gasteiger partial charge in [-0.25, -0.2) is 4.99 Å². The van der Waals surface area contributed by atoms with Crippen molar-refractivity contribution in [2.24, 2.45) is 4.99 Å². The predicted octanol–water partition coefficient (Wildman–Crippen LogP) is 3.43. The van der Waals surface area contributed by atoms with Gasteiger partial charge in [0.1, 0.15) is 6.61 Å². The van der Waals surface area contributed by atoms with Gasteiger partial charge in [0.05, 0.1) is 22.5 Å². The van der Waals surface area contributed by atoms with Gasteiger partial charge in [-0.05, 0) is 26.0 Å². The predicted molar refractivity (Wildman–Crippen MR) is 76.1 cm³/mol. The number of hydrogen-bond donors (Lipinski definition) is 0. The second-order valence-electron chi connectivity index (χ2n) is 4.58. The molecular weight excluding hydrogens is 348 g/mol. The average molecular weight is 362 g/mol. The molecule has 0 radical (unpaired) electrons. The normalized spacial score (nSPS) is 17.8. The van der Waals surface area contributed by atoms with Crippen molar-refractivity contribution >= 4 is 37.8 Å². The molecule has 0 unspecified atom stereocenters. The summed E-state index contributed by atoms with van der Waals surface area (Å²) in [6.07, 6.45) is 0. The van der Waals surface area contributed by atoms with Crippen LogP contribution in [-0.2, 0) is 15.4 Å². The van der Waals surface area contributed by atoms with Gasteiger partial charge in [0.25, 0.3) is 0 Å². The lowest BCUT2D eigenvalue weighted by atomic mass is 10.1. The third-order valence-electron chi connectivity index (χ3n) is 2.49. The van der Waals surface area contributed by atoms with Crippen molar-refractivity contribution in [1.82, 2.24) is 4.98 Å². The van der Waals surface area contributed by atoms with Crippen molar-refractivity contribution in [2.75, 3.05) is 6.61 Å². The Kier molecular flexibility index (Phi) is 3.88. The van der Waals surface area contributed by atoms with E-state index < -0.39 is 0 Å². The van der Waals surface area contributed by atoms with Gasteiger partial charge in [-0.1, -0.05) is 31.9 Å². The minimum Gasteiger partial charge on any atom is -0.475 e. The fourth-order valence-electron chi connectivity index (χ4n) is 1.64. The highest BCUT2D eigenvalue weighted by atomic mass is 79.9. The summed E-state index contributed by atoms with van der Waals surface area (Å²) in [5, 5.41) is 1.46. The molecule has 2 rings (SSSR count). The van der Waals surface area contributed by atoms with Gasteiger partial charge in [-0.15, -0.1) is 0 Å². The molecule has 0 amide bonds. The smallest absolute Gasteiger partial charge is 0.218 e. The molecule has 17 heavy (non-hydrogen) atoms. The zero-order chi connectivity index (χ0) is 12.5. The third-order valence-corrected chi connectivity index (χ3v) is 3.60. The molecule has 92 valence electrons.